The molecule has 0 aromatic heterocycles. The zero-order valence-electron chi connectivity index (χ0n) is 12.5. The van der Waals surface area contributed by atoms with E-state index in [1.807, 2.05) is 0 Å². The topological polar surface area (TPSA) is 83.8 Å². The minimum atomic E-state index is -1.06. The van der Waals surface area contributed by atoms with Gasteiger partial charge >= 0.3 is 5.97 Å². The summed E-state index contributed by atoms with van der Waals surface area (Å²) in [5, 5.41) is 18.1. The Balaban J connectivity index is 2.04. The maximum absolute atomic E-state index is 12.1. The number of aromatic hydroxyl groups is 1. The van der Waals surface area contributed by atoms with Crippen LogP contribution < -0.4 is 4.74 Å². The normalized spacial score (nSPS) is 12.0. The highest BCUT2D eigenvalue weighted by Crippen LogP contribution is 2.16. The van der Waals surface area contributed by atoms with E-state index >= 15 is 0 Å². The fourth-order valence-corrected chi connectivity index (χ4v) is 1.85. The molecule has 0 aliphatic carbocycles. The summed E-state index contributed by atoms with van der Waals surface area (Å²) < 4.78 is 5.20. The number of phenols is 1. The first-order valence-electron chi connectivity index (χ1n) is 6.96. The number of carboxylic acids is 1. The Morgan fingerprint density at radius 3 is 2.43 bits per heavy atom. The van der Waals surface area contributed by atoms with Gasteiger partial charge in [0.05, 0.1) is 0 Å². The van der Waals surface area contributed by atoms with Gasteiger partial charge in [-0.3, -0.25) is 4.79 Å². The summed E-state index contributed by atoms with van der Waals surface area (Å²) in [4.78, 5) is 22.8. The van der Waals surface area contributed by atoms with Crippen molar-refractivity contribution < 1.29 is 24.5 Å². The second-order valence-corrected chi connectivity index (χ2v) is 4.92. The first-order valence-corrected chi connectivity index (χ1v) is 6.96. The highest BCUT2D eigenvalue weighted by atomic mass is 16.5. The monoisotopic (exact) mass is 312 g/mol. The molecule has 0 saturated carbocycles. The zero-order chi connectivity index (χ0) is 16.8. The van der Waals surface area contributed by atoms with E-state index in [4.69, 9.17) is 9.84 Å². The molecule has 0 aliphatic rings. The molecule has 2 aromatic carbocycles. The van der Waals surface area contributed by atoms with Crippen molar-refractivity contribution >= 4 is 17.8 Å². The van der Waals surface area contributed by atoms with Gasteiger partial charge < -0.3 is 14.9 Å². The molecule has 0 saturated heterocycles. The van der Waals surface area contributed by atoms with Gasteiger partial charge in [0.15, 0.2) is 11.9 Å². The number of aliphatic carboxylic acids is 1. The van der Waals surface area contributed by atoms with Crippen molar-refractivity contribution in [3.63, 3.8) is 0 Å². The van der Waals surface area contributed by atoms with E-state index in [1.54, 1.807) is 54.6 Å². The third-order valence-corrected chi connectivity index (χ3v) is 3.10. The van der Waals surface area contributed by atoms with Gasteiger partial charge in [-0.1, -0.05) is 18.2 Å². The highest BCUT2D eigenvalue weighted by Gasteiger charge is 2.12. The van der Waals surface area contributed by atoms with Gasteiger partial charge in [0.25, 0.3) is 0 Å². The Kier molecular flexibility index (Phi) is 5.15. The number of allylic oxidation sites excluding steroid dienone is 1. The van der Waals surface area contributed by atoms with Gasteiger partial charge in [0.1, 0.15) is 11.5 Å². The lowest BCUT2D eigenvalue weighted by atomic mass is 10.1. The molecule has 0 heterocycles. The van der Waals surface area contributed by atoms with E-state index in [-0.39, 0.29) is 11.5 Å². The van der Waals surface area contributed by atoms with Crippen LogP contribution in [0.25, 0.3) is 6.08 Å². The van der Waals surface area contributed by atoms with Crippen molar-refractivity contribution in [1.29, 1.82) is 0 Å². The van der Waals surface area contributed by atoms with Crippen molar-refractivity contribution in [2.75, 3.05) is 0 Å². The van der Waals surface area contributed by atoms with Crippen LogP contribution in [0.1, 0.15) is 22.8 Å². The predicted molar refractivity (Wildman–Crippen MR) is 85.6 cm³/mol. The molecule has 118 valence electrons. The van der Waals surface area contributed by atoms with Crippen LogP contribution in [-0.4, -0.2) is 28.1 Å². The molecule has 5 heteroatoms. The summed E-state index contributed by atoms with van der Waals surface area (Å²) in [6, 6.07) is 12.8. The maximum Gasteiger partial charge on any atom is 0.344 e. The molecule has 2 rings (SSSR count). The van der Waals surface area contributed by atoms with E-state index in [9.17, 15) is 14.7 Å². The van der Waals surface area contributed by atoms with Crippen molar-refractivity contribution in [3.8, 4) is 11.5 Å². The van der Waals surface area contributed by atoms with Crippen LogP contribution in [0, 0.1) is 0 Å². The Labute approximate surface area is 133 Å². The zero-order valence-corrected chi connectivity index (χ0v) is 12.5. The van der Waals surface area contributed by atoms with Crippen molar-refractivity contribution in [2.24, 2.45) is 0 Å². The van der Waals surface area contributed by atoms with E-state index in [0.29, 0.717) is 16.9 Å². The standard InChI is InChI=1S/C18H16O5/c1-12(18(21)22)23-16-8-6-14(7-9-16)17(20)10-5-13-3-2-4-15(19)11-13/h2-12,19H,1H3,(H,21,22)/b10-5-/t12-/m0/s1. The third-order valence-electron chi connectivity index (χ3n) is 3.10. The molecule has 0 unspecified atom stereocenters. The number of rotatable bonds is 6. The van der Waals surface area contributed by atoms with E-state index in [1.165, 1.54) is 13.0 Å². The number of carboxylic acid groups (broad SMARTS) is 1. The molecule has 0 aliphatic heterocycles. The summed E-state index contributed by atoms with van der Waals surface area (Å²) in [5.74, 6) is -0.743. The number of hydrogen-bond acceptors (Lipinski definition) is 4. The third kappa shape index (κ3) is 4.71. The Hall–Kier alpha value is -3.08. The minimum Gasteiger partial charge on any atom is -0.508 e. The highest BCUT2D eigenvalue weighted by molar-refractivity contribution is 6.06. The molecule has 0 bridgehead atoms. The fourth-order valence-electron chi connectivity index (χ4n) is 1.85. The molecule has 0 radical (unpaired) electrons. The second kappa shape index (κ2) is 7.26. The van der Waals surface area contributed by atoms with Gasteiger partial charge in [-0.15, -0.1) is 0 Å². The average Bonchev–Trinajstić information content (AvgIpc) is 2.53. The molecular weight excluding hydrogens is 296 g/mol. The van der Waals surface area contributed by atoms with Gasteiger partial charge in [0, 0.05) is 5.56 Å². The summed E-state index contributed by atoms with van der Waals surface area (Å²) >= 11 is 0. The van der Waals surface area contributed by atoms with Gasteiger partial charge in [0.2, 0.25) is 0 Å². The van der Waals surface area contributed by atoms with Crippen molar-refractivity contribution in [1.82, 2.24) is 0 Å². The number of hydrogen-bond donors (Lipinski definition) is 2. The van der Waals surface area contributed by atoms with E-state index in [0.717, 1.165) is 0 Å². The molecule has 0 spiro atoms. The quantitative estimate of drug-likeness (QED) is 0.632. The maximum atomic E-state index is 12.1. The van der Waals surface area contributed by atoms with Crippen LogP contribution in [-0.2, 0) is 4.79 Å². The molecule has 23 heavy (non-hydrogen) atoms. The SMILES string of the molecule is C[C@H](Oc1ccc(C(=O)/C=C\c2cccc(O)c2)cc1)C(=O)O. The lowest BCUT2D eigenvalue weighted by Crippen LogP contribution is -2.22. The molecule has 0 amide bonds. The first kappa shape index (κ1) is 16.3. The Bertz CT molecular complexity index is 731. The average molecular weight is 312 g/mol. The smallest absolute Gasteiger partial charge is 0.344 e. The lowest BCUT2D eigenvalue weighted by molar-refractivity contribution is -0.144. The summed E-state index contributed by atoms with van der Waals surface area (Å²) in [7, 11) is 0. The van der Waals surface area contributed by atoms with E-state index < -0.39 is 12.1 Å². The van der Waals surface area contributed by atoms with Crippen LogP contribution >= 0.6 is 0 Å². The van der Waals surface area contributed by atoms with Gasteiger partial charge in [-0.05, 0) is 55.0 Å². The van der Waals surface area contributed by atoms with E-state index in [2.05, 4.69) is 0 Å². The number of ketones is 1. The number of benzene rings is 2. The van der Waals surface area contributed by atoms with Crippen LogP contribution in [0.2, 0.25) is 0 Å². The molecule has 1 atom stereocenters. The van der Waals surface area contributed by atoms with Crippen molar-refractivity contribution in [2.45, 2.75) is 13.0 Å². The minimum absolute atomic E-state index is 0.133. The van der Waals surface area contributed by atoms with Crippen LogP contribution in [0.3, 0.4) is 0 Å². The molecule has 5 nitrogen and oxygen atoms in total. The molecule has 2 N–H and O–H groups in total. The molecular formula is C18H16O5. The fraction of sp³-hybridized carbons (Fsp3) is 0.111. The Morgan fingerprint density at radius 1 is 1.13 bits per heavy atom. The number of phenolic OH excluding ortho intramolecular Hbond substituents is 1. The Morgan fingerprint density at radius 2 is 1.83 bits per heavy atom. The summed E-state index contributed by atoms with van der Waals surface area (Å²) in [5.41, 5.74) is 1.17. The first-order chi connectivity index (χ1) is 11.0. The number of ether oxygens (including phenoxy) is 1. The van der Waals surface area contributed by atoms with Crippen LogP contribution in [0.5, 0.6) is 11.5 Å². The molecule has 2 aromatic rings. The predicted octanol–water partition coefficient (Wildman–Crippen LogP) is 3.14. The van der Waals surface area contributed by atoms with Gasteiger partial charge in [-0.25, -0.2) is 4.79 Å². The van der Waals surface area contributed by atoms with Gasteiger partial charge in [-0.2, -0.15) is 0 Å². The summed E-state index contributed by atoms with van der Waals surface area (Å²) in [6.07, 6.45) is 2.06. The molecule has 0 fully saturated rings. The lowest BCUT2D eigenvalue weighted by Gasteiger charge is -2.10. The van der Waals surface area contributed by atoms with Crippen molar-refractivity contribution in [3.05, 3.63) is 65.7 Å². The number of carbonyl (C=O) groups is 2. The number of carbonyl (C=O) groups excluding carboxylic acids is 1. The van der Waals surface area contributed by atoms with Crippen LogP contribution in [0.15, 0.2) is 54.6 Å². The second-order valence-electron chi connectivity index (χ2n) is 4.92. The summed E-state index contributed by atoms with van der Waals surface area (Å²) in [6.45, 7) is 1.43. The van der Waals surface area contributed by atoms with Crippen LogP contribution in [0.4, 0.5) is 0 Å². The largest absolute Gasteiger partial charge is 0.508 e.